The first-order valence-corrected chi connectivity index (χ1v) is 10.6. The maximum atomic E-state index is 12.3. The molecule has 31 heavy (non-hydrogen) atoms. The minimum Gasteiger partial charge on any atom is -0.480 e. The average Bonchev–Trinajstić information content (AvgIpc) is 3.52. The minimum absolute atomic E-state index is 0.0237. The third kappa shape index (κ3) is 5.05. The first-order chi connectivity index (χ1) is 15.0. The van der Waals surface area contributed by atoms with Crippen molar-refractivity contribution in [3.8, 4) is 11.1 Å². The van der Waals surface area contributed by atoms with Crippen molar-refractivity contribution in [2.24, 2.45) is 5.92 Å². The quantitative estimate of drug-likeness (QED) is 0.647. The van der Waals surface area contributed by atoms with Crippen molar-refractivity contribution in [3.63, 3.8) is 0 Å². The Hall–Kier alpha value is -3.35. The highest BCUT2D eigenvalue weighted by Crippen LogP contribution is 2.44. The molecule has 0 radical (unpaired) electrons. The van der Waals surface area contributed by atoms with Crippen LogP contribution in [0.3, 0.4) is 0 Å². The van der Waals surface area contributed by atoms with Crippen LogP contribution in [-0.4, -0.2) is 54.2 Å². The molecular weight excluding hydrogens is 396 g/mol. The fourth-order valence-corrected chi connectivity index (χ4v) is 4.11. The lowest BCUT2D eigenvalue weighted by atomic mass is 9.98. The summed E-state index contributed by atoms with van der Waals surface area (Å²) in [5.41, 5.74) is 4.59. The van der Waals surface area contributed by atoms with Crippen LogP contribution in [0.5, 0.6) is 0 Å². The number of hydrogen-bond donors (Lipinski definition) is 2. The van der Waals surface area contributed by atoms with Gasteiger partial charge in [-0.05, 0) is 41.0 Å². The van der Waals surface area contributed by atoms with Gasteiger partial charge in [-0.2, -0.15) is 0 Å². The SMILES string of the molecule is O=C(O)CN(CC1CC1)C(=O)CCNC(=O)OCC1c2ccccc2-c2ccccc21. The number of fused-ring (bicyclic) bond motifs is 3. The highest BCUT2D eigenvalue weighted by atomic mass is 16.5. The molecule has 7 nitrogen and oxygen atoms in total. The highest BCUT2D eigenvalue weighted by Gasteiger charge is 2.29. The monoisotopic (exact) mass is 422 g/mol. The number of benzene rings is 2. The van der Waals surface area contributed by atoms with Gasteiger partial charge in [0, 0.05) is 25.4 Å². The van der Waals surface area contributed by atoms with E-state index in [1.165, 1.54) is 4.90 Å². The summed E-state index contributed by atoms with van der Waals surface area (Å²) >= 11 is 0. The largest absolute Gasteiger partial charge is 0.480 e. The van der Waals surface area contributed by atoms with Crippen molar-refractivity contribution in [2.75, 3.05) is 26.2 Å². The Kier molecular flexibility index (Phi) is 6.21. The van der Waals surface area contributed by atoms with Crippen molar-refractivity contribution >= 4 is 18.0 Å². The van der Waals surface area contributed by atoms with Crippen molar-refractivity contribution in [1.29, 1.82) is 0 Å². The average molecular weight is 422 g/mol. The van der Waals surface area contributed by atoms with Crippen LogP contribution in [0.2, 0.25) is 0 Å². The van der Waals surface area contributed by atoms with E-state index in [9.17, 15) is 14.4 Å². The first kappa shape index (κ1) is 20.9. The summed E-state index contributed by atoms with van der Waals surface area (Å²) in [6.45, 7) is 0.479. The summed E-state index contributed by atoms with van der Waals surface area (Å²) in [6, 6.07) is 16.2. The van der Waals surface area contributed by atoms with Crippen molar-refractivity contribution in [3.05, 3.63) is 59.7 Å². The molecule has 0 atom stereocenters. The summed E-state index contributed by atoms with van der Waals surface area (Å²) in [7, 11) is 0. The number of aliphatic carboxylic acids is 1. The molecule has 0 spiro atoms. The molecule has 2 aliphatic carbocycles. The minimum atomic E-state index is -1.03. The molecule has 4 rings (SSSR count). The number of carboxylic acid groups (broad SMARTS) is 1. The van der Waals surface area contributed by atoms with E-state index in [1.807, 2.05) is 24.3 Å². The zero-order chi connectivity index (χ0) is 21.8. The summed E-state index contributed by atoms with van der Waals surface area (Å²) in [5.74, 6) is -0.922. The van der Waals surface area contributed by atoms with Gasteiger partial charge in [0.2, 0.25) is 5.91 Å². The molecule has 162 valence electrons. The highest BCUT2D eigenvalue weighted by molar-refractivity contribution is 5.82. The lowest BCUT2D eigenvalue weighted by molar-refractivity contribution is -0.144. The molecule has 0 heterocycles. The normalized spacial score (nSPS) is 14.5. The van der Waals surface area contributed by atoms with Gasteiger partial charge in [0.15, 0.2) is 0 Å². The van der Waals surface area contributed by atoms with Crippen LogP contribution >= 0.6 is 0 Å². The van der Waals surface area contributed by atoms with Crippen LogP contribution in [0.1, 0.15) is 36.3 Å². The van der Waals surface area contributed by atoms with E-state index in [-0.39, 0.29) is 37.9 Å². The van der Waals surface area contributed by atoms with E-state index in [0.29, 0.717) is 12.5 Å². The predicted molar refractivity (Wildman–Crippen MR) is 115 cm³/mol. The number of ether oxygens (including phenoxy) is 1. The van der Waals surface area contributed by atoms with Gasteiger partial charge >= 0.3 is 12.1 Å². The molecule has 0 aromatic heterocycles. The van der Waals surface area contributed by atoms with Crippen LogP contribution in [0, 0.1) is 5.92 Å². The van der Waals surface area contributed by atoms with Gasteiger partial charge in [-0.3, -0.25) is 9.59 Å². The summed E-state index contributed by atoms with van der Waals surface area (Å²) in [6.07, 6.45) is 1.52. The Morgan fingerprint density at radius 1 is 1.00 bits per heavy atom. The van der Waals surface area contributed by atoms with E-state index >= 15 is 0 Å². The number of carbonyl (C=O) groups is 3. The second kappa shape index (κ2) is 9.20. The van der Waals surface area contributed by atoms with Gasteiger partial charge in [0.1, 0.15) is 13.2 Å². The molecule has 2 amide bonds. The van der Waals surface area contributed by atoms with Crippen LogP contribution in [0.15, 0.2) is 48.5 Å². The van der Waals surface area contributed by atoms with Gasteiger partial charge in [0.05, 0.1) is 0 Å². The summed E-state index contributed by atoms with van der Waals surface area (Å²) < 4.78 is 5.45. The molecule has 0 aliphatic heterocycles. The van der Waals surface area contributed by atoms with Crippen molar-refractivity contribution in [2.45, 2.75) is 25.2 Å². The number of hydrogen-bond acceptors (Lipinski definition) is 4. The van der Waals surface area contributed by atoms with Crippen LogP contribution in [0.4, 0.5) is 4.79 Å². The Labute approximate surface area is 181 Å². The molecule has 2 aromatic carbocycles. The molecule has 1 saturated carbocycles. The molecule has 1 fully saturated rings. The molecule has 2 N–H and O–H groups in total. The third-order valence-corrected chi connectivity index (χ3v) is 5.81. The summed E-state index contributed by atoms with van der Waals surface area (Å²) in [5, 5.41) is 11.6. The number of nitrogens with zero attached hydrogens (tertiary/aromatic N) is 1. The van der Waals surface area contributed by atoms with Crippen molar-refractivity contribution in [1.82, 2.24) is 10.2 Å². The van der Waals surface area contributed by atoms with Gasteiger partial charge in [-0.1, -0.05) is 48.5 Å². The lowest BCUT2D eigenvalue weighted by Crippen LogP contribution is -2.39. The Balaban J connectivity index is 1.27. The van der Waals surface area contributed by atoms with Crippen molar-refractivity contribution < 1.29 is 24.2 Å². The number of rotatable bonds is 9. The number of alkyl carbamates (subject to hydrolysis) is 1. The molecule has 2 aromatic rings. The van der Waals surface area contributed by atoms with E-state index in [1.54, 1.807) is 0 Å². The topological polar surface area (TPSA) is 95.9 Å². The Morgan fingerprint density at radius 3 is 2.19 bits per heavy atom. The zero-order valence-electron chi connectivity index (χ0n) is 17.3. The lowest BCUT2D eigenvalue weighted by Gasteiger charge is -2.20. The maximum absolute atomic E-state index is 12.3. The number of amides is 2. The predicted octanol–water partition coefficient (Wildman–Crippen LogP) is 3.24. The Bertz CT molecular complexity index is 940. The second-order valence-electron chi connectivity index (χ2n) is 8.11. The van der Waals surface area contributed by atoms with Crippen LogP contribution < -0.4 is 5.32 Å². The van der Waals surface area contributed by atoms with E-state index < -0.39 is 12.1 Å². The molecule has 2 aliphatic rings. The second-order valence-corrected chi connectivity index (χ2v) is 8.11. The van der Waals surface area contributed by atoms with Gasteiger partial charge < -0.3 is 20.1 Å². The zero-order valence-corrected chi connectivity index (χ0v) is 17.3. The van der Waals surface area contributed by atoms with Gasteiger partial charge in [0.25, 0.3) is 0 Å². The standard InChI is InChI=1S/C24H26N2O5/c27-22(26(14-23(28)29)13-16-9-10-16)11-12-25-24(30)31-15-21-19-7-3-1-5-17(19)18-6-2-4-8-20(18)21/h1-8,16,21H,9-15H2,(H,25,30)(H,28,29). The first-order valence-electron chi connectivity index (χ1n) is 10.6. The molecule has 0 saturated heterocycles. The van der Waals surface area contributed by atoms with Gasteiger partial charge in [-0.15, -0.1) is 0 Å². The number of carbonyl (C=O) groups excluding carboxylic acids is 2. The maximum Gasteiger partial charge on any atom is 0.407 e. The molecular formula is C24H26N2O5. The van der Waals surface area contributed by atoms with E-state index in [0.717, 1.165) is 35.1 Å². The molecule has 0 bridgehead atoms. The molecule has 7 heteroatoms. The van der Waals surface area contributed by atoms with Crippen LogP contribution in [-0.2, 0) is 14.3 Å². The fraction of sp³-hybridized carbons (Fsp3) is 0.375. The smallest absolute Gasteiger partial charge is 0.407 e. The van der Waals surface area contributed by atoms with E-state index in [2.05, 4.69) is 29.6 Å². The van der Waals surface area contributed by atoms with Crippen LogP contribution in [0.25, 0.3) is 11.1 Å². The van der Waals surface area contributed by atoms with Gasteiger partial charge in [-0.25, -0.2) is 4.79 Å². The Morgan fingerprint density at radius 2 is 1.61 bits per heavy atom. The number of carboxylic acids is 1. The number of nitrogens with one attached hydrogen (secondary N) is 1. The molecule has 0 unspecified atom stereocenters. The third-order valence-electron chi connectivity index (χ3n) is 5.81. The summed E-state index contributed by atoms with van der Waals surface area (Å²) in [4.78, 5) is 36.9. The fourth-order valence-electron chi connectivity index (χ4n) is 4.11. The van der Waals surface area contributed by atoms with E-state index in [4.69, 9.17) is 9.84 Å².